The summed E-state index contributed by atoms with van der Waals surface area (Å²) in [7, 11) is 3.90. The van der Waals surface area contributed by atoms with E-state index < -0.39 is 0 Å². The van der Waals surface area contributed by atoms with E-state index in [1.54, 1.807) is 6.07 Å². The van der Waals surface area contributed by atoms with Crippen molar-refractivity contribution >= 4 is 17.5 Å². The predicted molar refractivity (Wildman–Crippen MR) is 136 cm³/mol. The molecule has 1 saturated carbocycles. The van der Waals surface area contributed by atoms with Gasteiger partial charge in [0.15, 0.2) is 0 Å². The minimum absolute atomic E-state index is 0.00857. The zero-order valence-corrected chi connectivity index (χ0v) is 20.8. The first kappa shape index (κ1) is 24.9. The van der Waals surface area contributed by atoms with E-state index in [0.717, 1.165) is 36.1 Å². The van der Waals surface area contributed by atoms with Crippen molar-refractivity contribution in [1.29, 1.82) is 0 Å². The van der Waals surface area contributed by atoms with Gasteiger partial charge in [0.1, 0.15) is 5.82 Å². The molecule has 1 aliphatic carbocycles. The zero-order valence-electron chi connectivity index (χ0n) is 20.8. The second-order valence-corrected chi connectivity index (χ2v) is 9.88. The van der Waals surface area contributed by atoms with Gasteiger partial charge in [-0.3, -0.25) is 4.79 Å². The molecule has 0 saturated heterocycles. The van der Waals surface area contributed by atoms with Crippen LogP contribution in [0.1, 0.15) is 35.6 Å². The summed E-state index contributed by atoms with van der Waals surface area (Å²) in [6.07, 6.45) is 3.98. The lowest BCUT2D eigenvalue weighted by Crippen LogP contribution is -2.46. The normalized spacial score (nSPS) is 18.4. The maximum atomic E-state index is 14.7. The van der Waals surface area contributed by atoms with Crippen LogP contribution < -0.4 is 10.6 Å². The number of urea groups is 1. The van der Waals surface area contributed by atoms with E-state index in [0.29, 0.717) is 25.2 Å². The minimum atomic E-state index is -0.295. The molecule has 2 aromatic carbocycles. The van der Waals surface area contributed by atoms with Gasteiger partial charge in [-0.1, -0.05) is 48.0 Å². The molecule has 186 valence electrons. The molecule has 0 bridgehead atoms. The Hall–Kier alpha value is -3.19. The van der Waals surface area contributed by atoms with Crippen LogP contribution in [0.15, 0.2) is 54.6 Å². The Balaban J connectivity index is 1.52. The zero-order chi connectivity index (χ0) is 24.9. The smallest absolute Gasteiger partial charge is 0.314 e. The van der Waals surface area contributed by atoms with Crippen molar-refractivity contribution in [2.24, 2.45) is 11.8 Å². The van der Waals surface area contributed by atoms with Crippen molar-refractivity contribution in [3.63, 3.8) is 0 Å². The van der Waals surface area contributed by atoms with Crippen LogP contribution in [0.25, 0.3) is 5.57 Å². The largest absolute Gasteiger partial charge is 0.337 e. The summed E-state index contributed by atoms with van der Waals surface area (Å²) in [6.45, 7) is 3.86. The average molecular weight is 479 g/mol. The molecule has 2 N–H and O–H groups in total. The highest BCUT2D eigenvalue weighted by molar-refractivity contribution is 5.86. The third-order valence-corrected chi connectivity index (χ3v) is 6.76. The lowest BCUT2D eigenvalue weighted by atomic mass is 9.99. The lowest BCUT2D eigenvalue weighted by Gasteiger charge is -2.29. The van der Waals surface area contributed by atoms with E-state index in [1.165, 1.54) is 6.07 Å². The number of benzene rings is 2. The fraction of sp³-hybridized carbons (Fsp3) is 0.429. The van der Waals surface area contributed by atoms with Gasteiger partial charge in [0.2, 0.25) is 5.91 Å². The first-order valence-electron chi connectivity index (χ1n) is 12.3. The summed E-state index contributed by atoms with van der Waals surface area (Å²) in [5, 5.41) is 5.75. The molecular weight excluding hydrogens is 443 g/mol. The van der Waals surface area contributed by atoms with Crippen molar-refractivity contribution in [2.75, 3.05) is 40.3 Å². The van der Waals surface area contributed by atoms with Gasteiger partial charge in [-0.15, -0.1) is 0 Å². The number of rotatable bonds is 9. The molecule has 0 unspecified atom stereocenters. The summed E-state index contributed by atoms with van der Waals surface area (Å²) in [5.74, 6) is -0.302. The Morgan fingerprint density at radius 2 is 1.86 bits per heavy atom. The van der Waals surface area contributed by atoms with Crippen LogP contribution >= 0.6 is 0 Å². The van der Waals surface area contributed by atoms with Crippen LogP contribution in [-0.2, 0) is 4.79 Å². The maximum Gasteiger partial charge on any atom is 0.314 e. The minimum Gasteiger partial charge on any atom is -0.337 e. The monoisotopic (exact) mass is 478 g/mol. The van der Waals surface area contributed by atoms with Gasteiger partial charge in [-0.05, 0) is 63.0 Å². The Morgan fingerprint density at radius 3 is 2.54 bits per heavy atom. The van der Waals surface area contributed by atoms with Crippen LogP contribution in [0, 0.1) is 24.6 Å². The Kier molecular flexibility index (Phi) is 7.86. The van der Waals surface area contributed by atoms with Gasteiger partial charge in [0, 0.05) is 31.7 Å². The standard InChI is InChI=1S/C28H35FN4O2/c1-19-9-12-25(29)23(15-19)22-16-26(21-7-5-4-6-8-21)33(18-22)27(34)24(20-10-11-20)17-31-28(35)30-13-14-32(2)3/h4-9,12,15-16,20,24,26H,10-11,13-14,17-18H2,1-3H3,(H2,30,31,35)/t24-,26-/m0/s1. The summed E-state index contributed by atoms with van der Waals surface area (Å²) < 4.78 is 14.7. The quantitative estimate of drug-likeness (QED) is 0.573. The van der Waals surface area contributed by atoms with Gasteiger partial charge < -0.3 is 20.4 Å². The Bertz CT molecular complexity index is 1080. The second kappa shape index (κ2) is 11.0. The van der Waals surface area contributed by atoms with Crippen molar-refractivity contribution in [1.82, 2.24) is 20.4 Å². The number of amides is 3. The number of halogens is 1. The number of nitrogens with zero attached hydrogens (tertiary/aromatic N) is 2. The van der Waals surface area contributed by atoms with E-state index in [9.17, 15) is 14.0 Å². The summed E-state index contributed by atoms with van der Waals surface area (Å²) in [5.41, 5.74) is 3.33. The number of likely N-dealkylation sites (N-methyl/N-ethyl adjacent to an activating group) is 1. The van der Waals surface area contributed by atoms with Gasteiger partial charge in [0.25, 0.3) is 0 Å². The van der Waals surface area contributed by atoms with Crippen molar-refractivity contribution in [3.05, 3.63) is 77.1 Å². The van der Waals surface area contributed by atoms with E-state index in [2.05, 4.69) is 10.6 Å². The van der Waals surface area contributed by atoms with Crippen LogP contribution in [-0.4, -0.2) is 62.0 Å². The molecule has 1 heterocycles. The Morgan fingerprint density at radius 1 is 1.11 bits per heavy atom. The third-order valence-electron chi connectivity index (χ3n) is 6.76. The van der Waals surface area contributed by atoms with E-state index >= 15 is 0 Å². The number of carbonyl (C=O) groups excluding carboxylic acids is 2. The molecule has 2 aromatic rings. The van der Waals surface area contributed by atoms with Gasteiger partial charge in [0.05, 0.1) is 12.0 Å². The SMILES string of the molecule is Cc1ccc(F)c(C2=C[C@@H](c3ccccc3)N(C(=O)[C@@H](CNC(=O)NCCN(C)C)C3CC3)C2)c1. The lowest BCUT2D eigenvalue weighted by molar-refractivity contribution is -0.136. The molecule has 3 amide bonds. The number of nitrogens with one attached hydrogen (secondary N) is 2. The first-order chi connectivity index (χ1) is 16.8. The molecular formula is C28H35FN4O2. The van der Waals surface area contributed by atoms with E-state index in [1.807, 2.05) is 73.3 Å². The molecule has 6 nitrogen and oxygen atoms in total. The molecule has 2 atom stereocenters. The maximum absolute atomic E-state index is 14.7. The Labute approximate surface area is 207 Å². The fourth-order valence-corrected chi connectivity index (χ4v) is 4.64. The first-order valence-corrected chi connectivity index (χ1v) is 12.3. The molecule has 0 radical (unpaired) electrons. The third kappa shape index (κ3) is 6.28. The molecule has 7 heteroatoms. The number of aryl methyl sites for hydroxylation is 1. The van der Waals surface area contributed by atoms with Crippen molar-refractivity contribution in [2.45, 2.75) is 25.8 Å². The summed E-state index contributed by atoms with van der Waals surface area (Å²) >= 11 is 0. The van der Waals surface area contributed by atoms with Crippen molar-refractivity contribution < 1.29 is 14.0 Å². The van der Waals surface area contributed by atoms with Gasteiger partial charge in [-0.2, -0.15) is 0 Å². The molecule has 2 aliphatic rings. The molecule has 1 fully saturated rings. The van der Waals surface area contributed by atoms with Gasteiger partial charge >= 0.3 is 6.03 Å². The second-order valence-electron chi connectivity index (χ2n) is 9.88. The topological polar surface area (TPSA) is 64.7 Å². The fourth-order valence-electron chi connectivity index (χ4n) is 4.64. The highest BCUT2D eigenvalue weighted by Gasteiger charge is 2.42. The highest BCUT2D eigenvalue weighted by atomic mass is 19.1. The van der Waals surface area contributed by atoms with Crippen molar-refractivity contribution in [3.8, 4) is 0 Å². The molecule has 1 aliphatic heterocycles. The van der Waals surface area contributed by atoms with Gasteiger partial charge in [-0.25, -0.2) is 9.18 Å². The summed E-state index contributed by atoms with van der Waals surface area (Å²) in [4.78, 5) is 30.0. The van der Waals surface area contributed by atoms with Crippen LogP contribution in [0.5, 0.6) is 0 Å². The van der Waals surface area contributed by atoms with Crippen LogP contribution in [0.4, 0.5) is 9.18 Å². The molecule has 0 aromatic heterocycles. The highest BCUT2D eigenvalue weighted by Crippen LogP contribution is 2.42. The van der Waals surface area contributed by atoms with Crippen LogP contribution in [0.2, 0.25) is 0 Å². The molecule has 4 rings (SSSR count). The number of hydrogen-bond donors (Lipinski definition) is 2. The molecule has 0 spiro atoms. The molecule has 35 heavy (non-hydrogen) atoms. The summed E-state index contributed by atoms with van der Waals surface area (Å²) in [6, 6.07) is 14.4. The average Bonchev–Trinajstić information content (AvgIpc) is 3.58. The number of carbonyl (C=O) groups is 2. The van der Waals surface area contributed by atoms with Crippen LogP contribution in [0.3, 0.4) is 0 Å². The van der Waals surface area contributed by atoms with E-state index in [-0.39, 0.29) is 35.6 Å². The number of hydrogen-bond acceptors (Lipinski definition) is 3. The predicted octanol–water partition coefficient (Wildman–Crippen LogP) is 3.99. The van der Waals surface area contributed by atoms with E-state index in [4.69, 9.17) is 0 Å².